The largest absolute Gasteiger partial charge is 0.399 e. The van der Waals surface area contributed by atoms with E-state index < -0.39 is 0 Å². The van der Waals surface area contributed by atoms with Crippen molar-refractivity contribution < 1.29 is 4.52 Å². The topological polar surface area (TPSA) is 64.9 Å². The number of aromatic nitrogens is 2. The number of benzene rings is 2. The van der Waals surface area contributed by atoms with E-state index in [2.05, 4.69) is 26.1 Å². The highest BCUT2D eigenvalue weighted by Gasteiger charge is 2.14. The quantitative estimate of drug-likeness (QED) is 0.702. The van der Waals surface area contributed by atoms with E-state index in [1.165, 1.54) is 0 Å². The summed E-state index contributed by atoms with van der Waals surface area (Å²) in [7, 11) is 0. The smallest absolute Gasteiger partial charge is 0.258 e. The number of hydrogen-bond acceptors (Lipinski definition) is 4. The van der Waals surface area contributed by atoms with Gasteiger partial charge in [-0.25, -0.2) is 0 Å². The Morgan fingerprint density at radius 2 is 1.95 bits per heavy atom. The predicted octanol–water partition coefficient (Wildman–Crippen LogP) is 4.37. The van der Waals surface area contributed by atoms with Gasteiger partial charge >= 0.3 is 0 Å². The highest BCUT2D eigenvalue weighted by molar-refractivity contribution is 9.10. The van der Waals surface area contributed by atoms with Gasteiger partial charge in [-0.1, -0.05) is 33.2 Å². The van der Waals surface area contributed by atoms with E-state index in [4.69, 9.17) is 10.3 Å². The molecular formula is C16H14BrN3O. The van der Waals surface area contributed by atoms with Crippen molar-refractivity contribution in [2.45, 2.75) is 13.8 Å². The van der Waals surface area contributed by atoms with Crippen molar-refractivity contribution >= 4 is 21.6 Å². The summed E-state index contributed by atoms with van der Waals surface area (Å²) in [6.45, 7) is 4.04. The molecule has 3 rings (SSSR count). The molecule has 0 spiro atoms. The molecule has 0 radical (unpaired) electrons. The first-order valence-electron chi connectivity index (χ1n) is 6.51. The van der Waals surface area contributed by atoms with Crippen molar-refractivity contribution in [1.82, 2.24) is 10.1 Å². The summed E-state index contributed by atoms with van der Waals surface area (Å²) in [5.74, 6) is 1.05. The van der Waals surface area contributed by atoms with Crippen LogP contribution in [0.1, 0.15) is 11.1 Å². The SMILES string of the molecule is Cc1cc(N)cc(-c2nc(-c3cccc(Br)c3)no2)c1C. The molecule has 2 N–H and O–H groups in total. The van der Waals surface area contributed by atoms with Crippen molar-refractivity contribution in [3.05, 3.63) is 52.0 Å². The molecule has 0 amide bonds. The van der Waals surface area contributed by atoms with E-state index in [-0.39, 0.29) is 0 Å². The first-order chi connectivity index (χ1) is 10.0. The molecule has 3 aromatic rings. The lowest BCUT2D eigenvalue weighted by atomic mass is 10.0. The average Bonchev–Trinajstić information content (AvgIpc) is 2.92. The van der Waals surface area contributed by atoms with Gasteiger partial charge in [0.05, 0.1) is 0 Å². The fourth-order valence-corrected chi connectivity index (χ4v) is 2.59. The summed E-state index contributed by atoms with van der Waals surface area (Å²) in [5.41, 5.74) is 10.6. The molecule has 0 bridgehead atoms. The zero-order valence-corrected chi connectivity index (χ0v) is 13.3. The molecular weight excluding hydrogens is 330 g/mol. The standard InChI is InChI=1S/C16H14BrN3O/c1-9-6-13(18)8-14(10(9)2)16-19-15(20-21-16)11-4-3-5-12(17)7-11/h3-8H,18H2,1-2H3. The monoisotopic (exact) mass is 343 g/mol. The van der Waals surface area contributed by atoms with E-state index >= 15 is 0 Å². The number of halogens is 1. The highest BCUT2D eigenvalue weighted by Crippen LogP contribution is 2.29. The molecule has 4 nitrogen and oxygen atoms in total. The van der Waals surface area contributed by atoms with Gasteiger partial charge in [-0.15, -0.1) is 0 Å². The van der Waals surface area contributed by atoms with Gasteiger partial charge in [0.15, 0.2) is 0 Å². The number of nitrogens with zero attached hydrogens (tertiary/aromatic N) is 2. The summed E-state index contributed by atoms with van der Waals surface area (Å²) < 4.78 is 6.38. The number of anilines is 1. The first-order valence-corrected chi connectivity index (χ1v) is 7.30. The van der Waals surface area contributed by atoms with Crippen LogP contribution in [0.3, 0.4) is 0 Å². The molecule has 21 heavy (non-hydrogen) atoms. The van der Waals surface area contributed by atoms with Crippen molar-refractivity contribution in [2.24, 2.45) is 0 Å². The molecule has 0 atom stereocenters. The fourth-order valence-electron chi connectivity index (χ4n) is 2.19. The second-order valence-electron chi connectivity index (χ2n) is 4.94. The Morgan fingerprint density at radius 3 is 2.71 bits per heavy atom. The second-order valence-corrected chi connectivity index (χ2v) is 5.86. The van der Waals surface area contributed by atoms with E-state index in [0.29, 0.717) is 17.4 Å². The lowest BCUT2D eigenvalue weighted by Gasteiger charge is -2.06. The number of hydrogen-bond donors (Lipinski definition) is 1. The normalized spacial score (nSPS) is 10.8. The first kappa shape index (κ1) is 13.8. The summed E-state index contributed by atoms with van der Waals surface area (Å²) in [4.78, 5) is 4.48. The number of nitrogens with two attached hydrogens (primary N) is 1. The Balaban J connectivity index is 2.07. The zero-order chi connectivity index (χ0) is 15.0. The van der Waals surface area contributed by atoms with Gasteiger partial charge in [0.25, 0.3) is 5.89 Å². The van der Waals surface area contributed by atoms with Crippen molar-refractivity contribution in [3.8, 4) is 22.8 Å². The average molecular weight is 344 g/mol. The maximum atomic E-state index is 5.91. The van der Waals surface area contributed by atoms with Crippen LogP contribution >= 0.6 is 15.9 Å². The van der Waals surface area contributed by atoms with Crippen LogP contribution in [0.5, 0.6) is 0 Å². The highest BCUT2D eigenvalue weighted by atomic mass is 79.9. The molecule has 0 aliphatic rings. The van der Waals surface area contributed by atoms with Crippen molar-refractivity contribution in [3.63, 3.8) is 0 Å². The van der Waals surface area contributed by atoms with Gasteiger partial charge in [-0.05, 0) is 49.2 Å². The Morgan fingerprint density at radius 1 is 1.14 bits per heavy atom. The van der Waals surface area contributed by atoms with E-state index in [1.54, 1.807) is 0 Å². The Kier molecular flexibility index (Phi) is 3.51. The van der Waals surface area contributed by atoms with Gasteiger partial charge in [-0.2, -0.15) is 4.98 Å². The van der Waals surface area contributed by atoms with Crippen LogP contribution in [0.15, 0.2) is 45.4 Å². The summed E-state index contributed by atoms with van der Waals surface area (Å²) in [6, 6.07) is 11.6. The Labute approximate surface area is 131 Å². The fraction of sp³-hybridized carbons (Fsp3) is 0.125. The predicted molar refractivity (Wildman–Crippen MR) is 86.8 cm³/mol. The molecule has 0 fully saturated rings. The van der Waals surface area contributed by atoms with Crippen LogP contribution in [0.4, 0.5) is 5.69 Å². The molecule has 0 saturated heterocycles. The van der Waals surface area contributed by atoms with Crippen LogP contribution in [0.2, 0.25) is 0 Å². The molecule has 5 heteroatoms. The number of nitrogen functional groups attached to an aromatic ring is 1. The molecule has 0 aliphatic carbocycles. The third kappa shape index (κ3) is 2.69. The molecule has 1 heterocycles. The van der Waals surface area contributed by atoms with Crippen LogP contribution in [0.25, 0.3) is 22.8 Å². The minimum atomic E-state index is 0.484. The van der Waals surface area contributed by atoms with Crippen LogP contribution in [0, 0.1) is 13.8 Å². The zero-order valence-electron chi connectivity index (χ0n) is 11.7. The Bertz CT molecular complexity index is 811. The molecule has 2 aromatic carbocycles. The van der Waals surface area contributed by atoms with Gasteiger partial charge in [-0.3, -0.25) is 0 Å². The van der Waals surface area contributed by atoms with Gasteiger partial charge < -0.3 is 10.3 Å². The minimum Gasteiger partial charge on any atom is -0.399 e. The van der Waals surface area contributed by atoms with E-state index in [1.807, 2.05) is 50.2 Å². The number of aryl methyl sites for hydroxylation is 1. The lowest BCUT2D eigenvalue weighted by Crippen LogP contribution is -1.93. The summed E-state index contributed by atoms with van der Waals surface area (Å²) in [5, 5.41) is 4.06. The van der Waals surface area contributed by atoms with Gasteiger partial charge in [0.2, 0.25) is 5.82 Å². The van der Waals surface area contributed by atoms with Crippen molar-refractivity contribution in [1.29, 1.82) is 0 Å². The molecule has 0 aliphatic heterocycles. The van der Waals surface area contributed by atoms with Crippen LogP contribution in [-0.2, 0) is 0 Å². The summed E-state index contributed by atoms with van der Waals surface area (Å²) >= 11 is 3.44. The molecule has 106 valence electrons. The van der Waals surface area contributed by atoms with Crippen LogP contribution < -0.4 is 5.73 Å². The van der Waals surface area contributed by atoms with Crippen molar-refractivity contribution in [2.75, 3.05) is 5.73 Å². The van der Waals surface area contributed by atoms with E-state index in [9.17, 15) is 0 Å². The van der Waals surface area contributed by atoms with Gasteiger partial charge in [0, 0.05) is 21.3 Å². The third-order valence-electron chi connectivity index (χ3n) is 3.43. The maximum Gasteiger partial charge on any atom is 0.258 e. The second kappa shape index (κ2) is 5.33. The lowest BCUT2D eigenvalue weighted by molar-refractivity contribution is 0.432. The Hall–Kier alpha value is -2.14. The van der Waals surface area contributed by atoms with E-state index in [0.717, 1.165) is 26.7 Å². The molecule has 0 unspecified atom stereocenters. The third-order valence-corrected chi connectivity index (χ3v) is 3.92. The molecule has 0 saturated carbocycles. The maximum absolute atomic E-state index is 5.91. The minimum absolute atomic E-state index is 0.484. The number of rotatable bonds is 2. The molecule has 1 aromatic heterocycles. The van der Waals surface area contributed by atoms with Crippen LogP contribution in [-0.4, -0.2) is 10.1 Å². The van der Waals surface area contributed by atoms with Gasteiger partial charge in [0.1, 0.15) is 0 Å². The summed E-state index contributed by atoms with van der Waals surface area (Å²) in [6.07, 6.45) is 0.